The van der Waals surface area contributed by atoms with E-state index in [4.69, 9.17) is 17.7 Å². The second-order valence-corrected chi connectivity index (χ2v) is 33.6. The molecule has 0 radical (unpaired) electrons. The van der Waals surface area contributed by atoms with Gasteiger partial charge in [0, 0.05) is 23.1 Å². The third-order valence-electron chi connectivity index (χ3n) is 12.3. The summed E-state index contributed by atoms with van der Waals surface area (Å²) in [5.41, 5.74) is 4.41. The van der Waals surface area contributed by atoms with Gasteiger partial charge in [-0.25, -0.2) is 0 Å². The predicted octanol–water partition coefficient (Wildman–Crippen LogP) is 14.1. The van der Waals surface area contributed by atoms with Gasteiger partial charge in [0.1, 0.15) is 28.6 Å². The van der Waals surface area contributed by atoms with Gasteiger partial charge in [-0.15, -0.1) is 0 Å². The lowest BCUT2D eigenvalue weighted by atomic mass is 10.1. The topological polar surface area (TPSA) is 40.8 Å². The molecular formula is C48H68O4Si3. The van der Waals surface area contributed by atoms with Crippen molar-refractivity contribution in [3.63, 3.8) is 0 Å². The Kier molecular flexibility index (Phi) is 12.8. The van der Waals surface area contributed by atoms with Crippen LogP contribution in [0.3, 0.4) is 0 Å². The first-order valence-corrected chi connectivity index (χ1v) is 26.9. The van der Waals surface area contributed by atoms with E-state index in [0.717, 1.165) is 39.5 Å². The van der Waals surface area contributed by atoms with Gasteiger partial charge < -0.3 is 17.7 Å². The average molecular weight is 793 g/mol. The maximum absolute atomic E-state index is 7.39. The first-order chi connectivity index (χ1) is 25.8. The van der Waals surface area contributed by atoms with Gasteiger partial charge in [0.25, 0.3) is 16.6 Å². The van der Waals surface area contributed by atoms with Crippen LogP contribution in [0.25, 0.3) is 22.3 Å². The minimum absolute atomic E-state index is 0.156. The van der Waals surface area contributed by atoms with E-state index in [9.17, 15) is 0 Å². The Labute approximate surface area is 336 Å². The highest BCUT2D eigenvalue weighted by molar-refractivity contribution is 7.00. The standard InChI is InChI=1S/C48H68O4Si3/c1-33(2)53(34(3)4,35(5)6)50-42-28-40(29-43(31-42)51-54(36(7)8,37(9)10)38(11)12)46-30-39-26-27-41(32-47(39)49-46)52-55(48(13,14)15,44-22-18-16-19-23-44)45-24-20-17-21-25-45/h16-38H,1-15H3. The molecule has 7 heteroatoms. The lowest BCUT2D eigenvalue weighted by Gasteiger charge is -2.43. The van der Waals surface area contributed by atoms with Crippen LogP contribution in [-0.2, 0) is 0 Å². The zero-order chi connectivity index (χ0) is 40.5. The largest absolute Gasteiger partial charge is 0.543 e. The van der Waals surface area contributed by atoms with E-state index >= 15 is 0 Å². The van der Waals surface area contributed by atoms with Gasteiger partial charge in [-0.2, -0.15) is 0 Å². The molecule has 0 atom stereocenters. The Balaban J connectivity index is 1.66. The molecule has 5 aromatic rings. The number of rotatable bonds is 15. The predicted molar refractivity (Wildman–Crippen MR) is 243 cm³/mol. The number of furan rings is 1. The second-order valence-electron chi connectivity index (χ2n) is 18.6. The summed E-state index contributed by atoms with van der Waals surface area (Å²) >= 11 is 0. The average Bonchev–Trinajstić information content (AvgIpc) is 3.55. The van der Waals surface area contributed by atoms with Crippen LogP contribution >= 0.6 is 0 Å². The first-order valence-electron chi connectivity index (χ1n) is 20.7. The molecule has 4 aromatic carbocycles. The second kappa shape index (κ2) is 16.5. The number of benzene rings is 4. The van der Waals surface area contributed by atoms with Crippen LogP contribution in [0.2, 0.25) is 38.3 Å². The maximum atomic E-state index is 7.39. The van der Waals surface area contributed by atoms with Crippen molar-refractivity contribution in [2.75, 3.05) is 0 Å². The van der Waals surface area contributed by atoms with Crippen LogP contribution in [0.15, 0.2) is 108 Å². The van der Waals surface area contributed by atoms with E-state index in [1.54, 1.807) is 0 Å². The molecule has 0 aliphatic carbocycles. The molecule has 0 unspecified atom stereocenters. The highest BCUT2D eigenvalue weighted by Crippen LogP contribution is 2.47. The van der Waals surface area contributed by atoms with Crippen molar-refractivity contribution in [3.8, 4) is 28.6 Å². The molecule has 0 amide bonds. The van der Waals surface area contributed by atoms with Gasteiger partial charge in [0.15, 0.2) is 0 Å². The number of fused-ring (bicyclic) bond motifs is 1. The smallest absolute Gasteiger partial charge is 0.319 e. The van der Waals surface area contributed by atoms with Crippen molar-refractivity contribution < 1.29 is 17.7 Å². The van der Waals surface area contributed by atoms with Crippen LogP contribution < -0.4 is 23.7 Å². The highest BCUT2D eigenvalue weighted by atomic mass is 28.4. The third kappa shape index (κ3) is 8.04. The van der Waals surface area contributed by atoms with E-state index in [-0.39, 0.29) is 5.04 Å². The van der Waals surface area contributed by atoms with Crippen molar-refractivity contribution >= 4 is 46.3 Å². The molecule has 0 aliphatic heterocycles. The van der Waals surface area contributed by atoms with E-state index in [1.165, 1.54) is 10.4 Å². The van der Waals surface area contributed by atoms with E-state index < -0.39 is 25.0 Å². The van der Waals surface area contributed by atoms with Gasteiger partial charge >= 0.3 is 8.32 Å². The molecule has 0 fully saturated rings. The molecule has 5 rings (SSSR count). The molecule has 0 saturated heterocycles. The number of hydrogen-bond acceptors (Lipinski definition) is 4. The Bertz CT molecular complexity index is 1870. The van der Waals surface area contributed by atoms with Gasteiger partial charge in [-0.05, 0) is 79.0 Å². The Morgan fingerprint density at radius 3 is 1.25 bits per heavy atom. The van der Waals surface area contributed by atoms with Gasteiger partial charge in [0.2, 0.25) is 0 Å². The summed E-state index contributed by atoms with van der Waals surface area (Å²) in [5, 5.41) is 3.36. The van der Waals surface area contributed by atoms with Crippen molar-refractivity contribution in [2.45, 2.75) is 142 Å². The van der Waals surface area contributed by atoms with Crippen LogP contribution in [0.5, 0.6) is 17.2 Å². The summed E-state index contributed by atoms with van der Waals surface area (Å²) < 4.78 is 28.9. The highest BCUT2D eigenvalue weighted by Gasteiger charge is 2.52. The maximum Gasteiger partial charge on any atom is 0.319 e. The van der Waals surface area contributed by atoms with Crippen LogP contribution in [-0.4, -0.2) is 25.0 Å². The molecule has 296 valence electrons. The molecule has 55 heavy (non-hydrogen) atoms. The van der Waals surface area contributed by atoms with Gasteiger partial charge in [0.05, 0.1) is 0 Å². The normalized spacial score (nSPS) is 13.3. The minimum atomic E-state index is -2.82. The molecule has 0 N–H and O–H groups in total. The molecule has 0 bridgehead atoms. The van der Waals surface area contributed by atoms with Gasteiger partial charge in [-0.3, -0.25) is 0 Å². The molecule has 1 heterocycles. The van der Waals surface area contributed by atoms with Crippen molar-refractivity contribution in [1.29, 1.82) is 0 Å². The number of hydrogen-bond donors (Lipinski definition) is 0. The summed E-state index contributed by atoms with van der Waals surface area (Å²) in [5.74, 6) is 3.37. The fraction of sp³-hybridized carbons (Fsp3) is 0.458. The molecule has 1 aromatic heterocycles. The summed E-state index contributed by atoms with van der Waals surface area (Å²) in [4.78, 5) is 0. The Morgan fingerprint density at radius 2 is 0.873 bits per heavy atom. The van der Waals surface area contributed by atoms with E-state index in [0.29, 0.717) is 33.2 Å². The summed E-state index contributed by atoms with van der Waals surface area (Å²) in [6, 6.07) is 36.6. The van der Waals surface area contributed by atoms with Crippen molar-refractivity contribution in [3.05, 3.63) is 103 Å². The molecule has 0 spiro atoms. The zero-order valence-corrected chi connectivity index (χ0v) is 39.4. The summed E-state index contributed by atoms with van der Waals surface area (Å²) in [6.07, 6.45) is 0. The Hall–Kier alpha value is -3.53. The van der Waals surface area contributed by atoms with Crippen molar-refractivity contribution in [2.24, 2.45) is 0 Å². The monoisotopic (exact) mass is 792 g/mol. The molecular weight excluding hydrogens is 725 g/mol. The first kappa shape index (κ1) is 42.6. The van der Waals surface area contributed by atoms with Crippen LogP contribution in [0.4, 0.5) is 0 Å². The Morgan fingerprint density at radius 1 is 0.455 bits per heavy atom. The fourth-order valence-electron chi connectivity index (χ4n) is 9.99. The fourth-order valence-corrected chi connectivity index (χ4v) is 24.9. The van der Waals surface area contributed by atoms with Crippen molar-refractivity contribution in [1.82, 2.24) is 0 Å². The molecule has 4 nitrogen and oxygen atoms in total. The molecule has 0 saturated carbocycles. The minimum Gasteiger partial charge on any atom is -0.543 e. The summed E-state index contributed by atoms with van der Waals surface area (Å²) in [6.45, 7) is 35.0. The molecule has 0 aliphatic rings. The summed E-state index contributed by atoms with van der Waals surface area (Å²) in [7, 11) is -7.34. The van der Waals surface area contributed by atoms with E-state index in [2.05, 4.69) is 207 Å². The SMILES string of the molecule is CC(C)[Si](Oc1cc(O[Si](C(C)C)(C(C)C)C(C)C)cc(-c2cc3ccc(O[Si](c4ccccc4)(c4ccccc4)C(C)(C)C)cc3o2)c1)(C(C)C)C(C)C. The lowest BCUT2D eigenvalue weighted by molar-refractivity contribution is 0.461. The third-order valence-corrected chi connectivity index (χ3v) is 29.3. The van der Waals surface area contributed by atoms with Gasteiger partial charge in [-0.1, -0.05) is 165 Å². The van der Waals surface area contributed by atoms with E-state index in [1.807, 2.05) is 0 Å². The van der Waals surface area contributed by atoms with Crippen LogP contribution in [0.1, 0.15) is 104 Å². The zero-order valence-electron chi connectivity index (χ0n) is 36.4. The quantitative estimate of drug-likeness (QED) is 0.0990. The van der Waals surface area contributed by atoms with Crippen LogP contribution in [0, 0.1) is 0 Å². The lowest BCUT2D eigenvalue weighted by Crippen LogP contribution is -2.68.